The molecule has 0 saturated heterocycles. The zero-order valence-electron chi connectivity index (χ0n) is 11.5. The minimum atomic E-state index is 0.503. The SMILES string of the molecule is CC(CCCCCC1CCCCC1)CCN=O. The average molecular weight is 239 g/mol. The van der Waals surface area contributed by atoms with E-state index in [1.807, 2.05) is 0 Å². The Labute approximate surface area is 107 Å². The van der Waals surface area contributed by atoms with Crippen LogP contribution >= 0.6 is 0 Å². The van der Waals surface area contributed by atoms with Crippen LogP contribution < -0.4 is 0 Å². The Morgan fingerprint density at radius 3 is 2.53 bits per heavy atom. The third-order valence-corrected chi connectivity index (χ3v) is 4.25. The molecule has 0 aliphatic heterocycles. The second kappa shape index (κ2) is 9.61. The first-order chi connectivity index (χ1) is 8.33. The van der Waals surface area contributed by atoms with E-state index < -0.39 is 0 Å². The first kappa shape index (κ1) is 14.7. The minimum absolute atomic E-state index is 0.503. The molecule has 0 bridgehead atoms. The Morgan fingerprint density at radius 1 is 1.06 bits per heavy atom. The fourth-order valence-electron chi connectivity index (χ4n) is 3.00. The van der Waals surface area contributed by atoms with Gasteiger partial charge in [-0.1, -0.05) is 76.3 Å². The molecule has 0 aromatic rings. The lowest BCUT2D eigenvalue weighted by atomic mass is 9.85. The summed E-state index contributed by atoms with van der Waals surface area (Å²) in [4.78, 5) is 10.0. The second-order valence-corrected chi connectivity index (χ2v) is 5.89. The van der Waals surface area contributed by atoms with Crippen molar-refractivity contribution in [2.45, 2.75) is 77.6 Å². The van der Waals surface area contributed by atoms with E-state index in [0.29, 0.717) is 12.5 Å². The summed E-state index contributed by atoms with van der Waals surface area (Å²) < 4.78 is 0. The van der Waals surface area contributed by atoms with Gasteiger partial charge in [0.1, 0.15) is 0 Å². The van der Waals surface area contributed by atoms with Crippen molar-refractivity contribution in [3.8, 4) is 0 Å². The average Bonchev–Trinajstić information content (AvgIpc) is 2.37. The summed E-state index contributed by atoms with van der Waals surface area (Å²) >= 11 is 0. The van der Waals surface area contributed by atoms with E-state index in [-0.39, 0.29) is 0 Å². The predicted molar refractivity (Wildman–Crippen MR) is 74.1 cm³/mol. The van der Waals surface area contributed by atoms with E-state index in [4.69, 9.17) is 0 Å². The molecular weight excluding hydrogens is 210 g/mol. The minimum Gasteiger partial charge on any atom is -0.151 e. The van der Waals surface area contributed by atoms with Crippen LogP contribution in [0.5, 0.6) is 0 Å². The van der Waals surface area contributed by atoms with Crippen LogP contribution in [0.15, 0.2) is 5.18 Å². The van der Waals surface area contributed by atoms with Crippen LogP contribution in [-0.4, -0.2) is 6.54 Å². The van der Waals surface area contributed by atoms with Gasteiger partial charge in [0.15, 0.2) is 0 Å². The highest BCUT2D eigenvalue weighted by molar-refractivity contribution is 4.66. The number of hydrogen-bond donors (Lipinski definition) is 0. The molecule has 0 heterocycles. The van der Waals surface area contributed by atoms with Crippen molar-refractivity contribution in [3.63, 3.8) is 0 Å². The lowest BCUT2D eigenvalue weighted by Crippen LogP contribution is -2.05. The maximum atomic E-state index is 10.0. The van der Waals surface area contributed by atoms with Gasteiger partial charge in [0, 0.05) is 0 Å². The molecular formula is C15H29NO. The summed E-state index contributed by atoms with van der Waals surface area (Å²) in [6.45, 7) is 2.75. The fourth-order valence-corrected chi connectivity index (χ4v) is 3.00. The number of hydrogen-bond acceptors (Lipinski definition) is 2. The van der Waals surface area contributed by atoms with Crippen molar-refractivity contribution in [2.75, 3.05) is 6.54 Å². The summed E-state index contributed by atoms with van der Waals surface area (Å²) in [7, 11) is 0. The number of nitroso groups, excluding NO2 is 1. The van der Waals surface area contributed by atoms with Gasteiger partial charge in [-0.15, -0.1) is 0 Å². The van der Waals surface area contributed by atoms with Crippen LogP contribution in [0.4, 0.5) is 0 Å². The third-order valence-electron chi connectivity index (χ3n) is 4.25. The van der Waals surface area contributed by atoms with Crippen LogP contribution in [0, 0.1) is 16.7 Å². The second-order valence-electron chi connectivity index (χ2n) is 5.89. The molecule has 1 atom stereocenters. The zero-order valence-corrected chi connectivity index (χ0v) is 11.5. The zero-order chi connectivity index (χ0) is 12.3. The molecule has 100 valence electrons. The lowest BCUT2D eigenvalue weighted by Gasteiger charge is -2.21. The van der Waals surface area contributed by atoms with E-state index in [1.165, 1.54) is 64.2 Å². The maximum Gasteiger partial charge on any atom is 0.0813 e. The van der Waals surface area contributed by atoms with E-state index in [1.54, 1.807) is 0 Å². The van der Waals surface area contributed by atoms with Crippen LogP contribution in [-0.2, 0) is 0 Å². The van der Waals surface area contributed by atoms with Gasteiger partial charge in [-0.05, 0) is 18.3 Å². The Kier molecular flexibility index (Phi) is 8.29. The monoisotopic (exact) mass is 239 g/mol. The number of unbranched alkanes of at least 4 members (excludes halogenated alkanes) is 2. The first-order valence-electron chi connectivity index (χ1n) is 7.62. The molecule has 17 heavy (non-hydrogen) atoms. The number of rotatable bonds is 9. The third kappa shape index (κ3) is 7.51. The van der Waals surface area contributed by atoms with E-state index in [0.717, 1.165) is 12.3 Å². The van der Waals surface area contributed by atoms with Crippen LogP contribution in [0.2, 0.25) is 0 Å². The smallest absolute Gasteiger partial charge is 0.0813 e. The molecule has 0 spiro atoms. The highest BCUT2D eigenvalue weighted by Crippen LogP contribution is 2.28. The van der Waals surface area contributed by atoms with Crippen molar-refractivity contribution < 1.29 is 0 Å². The summed E-state index contributed by atoms with van der Waals surface area (Å²) in [5, 5.41) is 2.93. The summed E-state index contributed by atoms with van der Waals surface area (Å²) in [5.74, 6) is 1.72. The Balaban J connectivity index is 1.87. The summed E-state index contributed by atoms with van der Waals surface area (Å²) in [6, 6.07) is 0. The van der Waals surface area contributed by atoms with E-state index >= 15 is 0 Å². The molecule has 0 amide bonds. The van der Waals surface area contributed by atoms with Gasteiger partial charge in [0.25, 0.3) is 0 Å². The van der Waals surface area contributed by atoms with Crippen LogP contribution in [0.25, 0.3) is 0 Å². The molecule has 1 rings (SSSR count). The van der Waals surface area contributed by atoms with E-state index in [9.17, 15) is 4.91 Å². The van der Waals surface area contributed by atoms with Crippen molar-refractivity contribution in [2.24, 2.45) is 17.0 Å². The molecule has 1 fully saturated rings. The van der Waals surface area contributed by atoms with Gasteiger partial charge in [-0.3, -0.25) is 0 Å². The highest BCUT2D eigenvalue weighted by Gasteiger charge is 2.12. The fraction of sp³-hybridized carbons (Fsp3) is 1.00. The molecule has 0 N–H and O–H groups in total. The predicted octanol–water partition coefficient (Wildman–Crippen LogP) is 5.31. The summed E-state index contributed by atoms with van der Waals surface area (Å²) in [5.41, 5.74) is 0. The van der Waals surface area contributed by atoms with Crippen LogP contribution in [0.1, 0.15) is 77.6 Å². The van der Waals surface area contributed by atoms with Gasteiger partial charge in [0.05, 0.1) is 6.54 Å². The molecule has 2 heteroatoms. The molecule has 0 radical (unpaired) electrons. The molecule has 0 aromatic carbocycles. The van der Waals surface area contributed by atoms with Crippen molar-refractivity contribution in [1.29, 1.82) is 0 Å². The largest absolute Gasteiger partial charge is 0.151 e. The van der Waals surface area contributed by atoms with Crippen LogP contribution in [0.3, 0.4) is 0 Å². The van der Waals surface area contributed by atoms with Gasteiger partial charge in [0.2, 0.25) is 0 Å². The first-order valence-corrected chi connectivity index (χ1v) is 7.62. The molecule has 1 saturated carbocycles. The number of nitrogens with zero attached hydrogens (tertiary/aromatic N) is 1. The molecule has 2 nitrogen and oxygen atoms in total. The molecule has 0 aromatic heterocycles. The Bertz CT molecular complexity index is 187. The Hall–Kier alpha value is -0.400. The molecule has 1 aliphatic carbocycles. The van der Waals surface area contributed by atoms with Crippen molar-refractivity contribution in [1.82, 2.24) is 0 Å². The topological polar surface area (TPSA) is 29.4 Å². The van der Waals surface area contributed by atoms with Gasteiger partial charge < -0.3 is 0 Å². The van der Waals surface area contributed by atoms with Crippen molar-refractivity contribution in [3.05, 3.63) is 4.91 Å². The van der Waals surface area contributed by atoms with Gasteiger partial charge in [-0.2, -0.15) is 4.91 Å². The highest BCUT2D eigenvalue weighted by atomic mass is 16.3. The quantitative estimate of drug-likeness (QED) is 0.396. The maximum absolute atomic E-state index is 10.0. The van der Waals surface area contributed by atoms with Crippen molar-refractivity contribution >= 4 is 0 Å². The van der Waals surface area contributed by atoms with Gasteiger partial charge in [-0.25, -0.2) is 0 Å². The standard InChI is InChI=1S/C15H29NO/c1-14(12-13-16-17)8-4-2-5-9-15-10-6-3-7-11-15/h14-15H,2-13H2,1H3. The molecule has 1 unspecified atom stereocenters. The summed E-state index contributed by atoms with van der Waals surface area (Å²) in [6.07, 6.45) is 15.3. The van der Waals surface area contributed by atoms with Gasteiger partial charge >= 0.3 is 0 Å². The Morgan fingerprint density at radius 2 is 1.82 bits per heavy atom. The van der Waals surface area contributed by atoms with E-state index in [2.05, 4.69) is 12.1 Å². The lowest BCUT2D eigenvalue weighted by molar-refractivity contribution is 0.326. The molecule has 1 aliphatic rings. The normalized spacial score (nSPS) is 19.1.